The first kappa shape index (κ1) is 21.7. The van der Waals surface area contributed by atoms with Crippen LogP contribution in [0.15, 0.2) is 24.4 Å². The molecule has 4 N–H and O–H groups in total. The molecule has 0 saturated heterocycles. The highest BCUT2D eigenvalue weighted by Gasteiger charge is 2.32. The average molecular weight is 411 g/mol. The number of hydrogen-bond acceptors (Lipinski definition) is 6. The molecule has 148 valence electrons. The van der Waals surface area contributed by atoms with E-state index in [4.69, 9.17) is 15.7 Å². The summed E-state index contributed by atoms with van der Waals surface area (Å²) in [7, 11) is 0. The van der Waals surface area contributed by atoms with Crippen LogP contribution in [0.5, 0.6) is 0 Å². The lowest BCUT2D eigenvalue weighted by molar-refractivity contribution is 0.344. The van der Waals surface area contributed by atoms with Gasteiger partial charge in [0.2, 0.25) is 0 Å². The van der Waals surface area contributed by atoms with E-state index < -0.39 is 0 Å². The van der Waals surface area contributed by atoms with Gasteiger partial charge in [0.25, 0.3) is 0 Å². The normalized spacial score (nSPS) is 20.7. The number of rotatable bonds is 7. The Morgan fingerprint density at radius 2 is 1.81 bits per heavy atom. The standard InChI is InChI=1S/C19H26N6.2ClH/c1-12-3-2-6-22-18(12)23-8-7-21-17-11-16(14-9-15(20)10-14)24-19(25-17)13-4-5-13;;/h2-3,6,11,13-15H,4-5,7-10,20H2,1H3,(H,22,23)(H,21,24,25);2*1H. The van der Waals surface area contributed by atoms with Crippen molar-refractivity contribution in [2.45, 2.75) is 50.5 Å². The molecular formula is C19H28Cl2N6. The minimum Gasteiger partial charge on any atom is -0.368 e. The van der Waals surface area contributed by atoms with Crippen LogP contribution in [0.1, 0.15) is 54.6 Å². The number of nitrogens with one attached hydrogen (secondary N) is 2. The average Bonchev–Trinajstić information content (AvgIpc) is 3.42. The van der Waals surface area contributed by atoms with E-state index in [9.17, 15) is 0 Å². The Morgan fingerprint density at radius 3 is 2.48 bits per heavy atom. The Morgan fingerprint density at radius 1 is 1.07 bits per heavy atom. The Balaban J connectivity index is 0.00000131. The van der Waals surface area contributed by atoms with Gasteiger partial charge < -0.3 is 16.4 Å². The first-order chi connectivity index (χ1) is 12.2. The van der Waals surface area contributed by atoms with Crippen molar-refractivity contribution >= 4 is 36.4 Å². The van der Waals surface area contributed by atoms with Crippen LogP contribution in [0.4, 0.5) is 11.6 Å². The SMILES string of the molecule is Cc1cccnc1NCCNc1cc(C2CC(N)C2)nc(C2CC2)n1.Cl.Cl. The largest absolute Gasteiger partial charge is 0.368 e. The number of nitrogens with two attached hydrogens (primary N) is 1. The molecule has 2 aromatic rings. The van der Waals surface area contributed by atoms with Crippen molar-refractivity contribution in [3.05, 3.63) is 41.5 Å². The third-order valence-corrected chi connectivity index (χ3v) is 5.03. The van der Waals surface area contributed by atoms with E-state index in [0.717, 1.165) is 54.6 Å². The van der Waals surface area contributed by atoms with E-state index in [2.05, 4.69) is 34.7 Å². The second kappa shape index (κ2) is 9.53. The van der Waals surface area contributed by atoms with Crippen molar-refractivity contribution in [3.63, 3.8) is 0 Å². The predicted octanol–water partition coefficient (Wildman–Crippen LogP) is 3.63. The minimum absolute atomic E-state index is 0. The molecule has 4 rings (SSSR count). The third-order valence-electron chi connectivity index (χ3n) is 5.03. The van der Waals surface area contributed by atoms with Gasteiger partial charge >= 0.3 is 0 Å². The fraction of sp³-hybridized carbons (Fsp3) is 0.526. The molecule has 2 heterocycles. The monoisotopic (exact) mass is 410 g/mol. The molecule has 0 aromatic carbocycles. The van der Waals surface area contributed by atoms with Gasteiger partial charge in [-0.1, -0.05) is 6.07 Å². The van der Waals surface area contributed by atoms with Gasteiger partial charge in [-0.25, -0.2) is 15.0 Å². The first-order valence-corrected chi connectivity index (χ1v) is 9.23. The molecule has 6 nitrogen and oxygen atoms in total. The maximum atomic E-state index is 5.95. The van der Waals surface area contributed by atoms with E-state index in [-0.39, 0.29) is 24.8 Å². The molecular weight excluding hydrogens is 383 g/mol. The second-order valence-corrected chi connectivity index (χ2v) is 7.26. The molecule has 2 aliphatic rings. The van der Waals surface area contributed by atoms with Gasteiger partial charge in [-0.15, -0.1) is 24.8 Å². The fourth-order valence-corrected chi connectivity index (χ4v) is 3.25. The summed E-state index contributed by atoms with van der Waals surface area (Å²) >= 11 is 0. The van der Waals surface area contributed by atoms with E-state index in [1.165, 1.54) is 12.8 Å². The van der Waals surface area contributed by atoms with Gasteiger partial charge in [-0.2, -0.15) is 0 Å². The topological polar surface area (TPSA) is 88.8 Å². The summed E-state index contributed by atoms with van der Waals surface area (Å²) in [6.07, 6.45) is 6.33. The summed E-state index contributed by atoms with van der Waals surface area (Å²) in [5.74, 6) is 3.95. The van der Waals surface area contributed by atoms with Gasteiger partial charge in [0, 0.05) is 48.9 Å². The van der Waals surface area contributed by atoms with Crippen molar-refractivity contribution in [1.82, 2.24) is 15.0 Å². The van der Waals surface area contributed by atoms with Crippen LogP contribution in [-0.4, -0.2) is 34.1 Å². The van der Waals surface area contributed by atoms with Crippen LogP contribution in [0.25, 0.3) is 0 Å². The van der Waals surface area contributed by atoms with E-state index >= 15 is 0 Å². The number of halogens is 2. The van der Waals surface area contributed by atoms with Crippen LogP contribution in [0, 0.1) is 6.92 Å². The lowest BCUT2D eigenvalue weighted by Gasteiger charge is -2.32. The van der Waals surface area contributed by atoms with Crippen LogP contribution < -0.4 is 16.4 Å². The van der Waals surface area contributed by atoms with Gasteiger partial charge in [-0.05, 0) is 44.2 Å². The zero-order valence-corrected chi connectivity index (χ0v) is 17.2. The van der Waals surface area contributed by atoms with Crippen LogP contribution in [0.2, 0.25) is 0 Å². The maximum absolute atomic E-state index is 5.95. The third kappa shape index (κ3) is 5.43. The van der Waals surface area contributed by atoms with Gasteiger partial charge in [-0.3, -0.25) is 0 Å². The van der Waals surface area contributed by atoms with Crippen molar-refractivity contribution in [3.8, 4) is 0 Å². The Hall–Kier alpha value is -1.63. The maximum Gasteiger partial charge on any atom is 0.134 e. The Kier molecular flexibility index (Phi) is 7.65. The number of anilines is 2. The molecule has 0 amide bonds. The van der Waals surface area contributed by atoms with E-state index in [1.54, 1.807) is 0 Å². The van der Waals surface area contributed by atoms with Gasteiger partial charge in [0.1, 0.15) is 17.5 Å². The highest BCUT2D eigenvalue weighted by molar-refractivity contribution is 5.85. The summed E-state index contributed by atoms with van der Waals surface area (Å²) < 4.78 is 0. The number of aryl methyl sites for hydroxylation is 1. The lowest BCUT2D eigenvalue weighted by atomic mass is 9.78. The number of hydrogen-bond donors (Lipinski definition) is 3. The quantitative estimate of drug-likeness (QED) is 0.603. The zero-order valence-electron chi connectivity index (χ0n) is 15.5. The fourth-order valence-electron chi connectivity index (χ4n) is 3.25. The molecule has 0 atom stereocenters. The number of pyridine rings is 1. The van der Waals surface area contributed by atoms with Crippen molar-refractivity contribution in [2.24, 2.45) is 5.73 Å². The minimum atomic E-state index is 0. The Labute approximate surface area is 173 Å². The number of nitrogens with zero attached hydrogens (tertiary/aromatic N) is 3. The molecule has 0 unspecified atom stereocenters. The van der Waals surface area contributed by atoms with Gasteiger partial charge in [0.05, 0.1) is 0 Å². The summed E-state index contributed by atoms with van der Waals surface area (Å²) in [6.45, 7) is 3.65. The molecule has 8 heteroatoms. The molecule has 0 spiro atoms. The summed E-state index contributed by atoms with van der Waals surface area (Å²) in [5, 5.41) is 6.80. The molecule has 0 aliphatic heterocycles. The van der Waals surface area contributed by atoms with Gasteiger partial charge in [0.15, 0.2) is 0 Å². The lowest BCUT2D eigenvalue weighted by Crippen LogP contribution is -2.35. The molecule has 2 aromatic heterocycles. The predicted molar refractivity (Wildman–Crippen MR) is 114 cm³/mol. The van der Waals surface area contributed by atoms with Crippen LogP contribution in [0.3, 0.4) is 0 Å². The molecule has 0 bridgehead atoms. The second-order valence-electron chi connectivity index (χ2n) is 7.26. The van der Waals surface area contributed by atoms with E-state index in [1.807, 2.05) is 12.3 Å². The summed E-state index contributed by atoms with van der Waals surface area (Å²) in [6, 6.07) is 6.46. The number of aromatic nitrogens is 3. The van der Waals surface area contributed by atoms with Crippen molar-refractivity contribution < 1.29 is 0 Å². The summed E-state index contributed by atoms with van der Waals surface area (Å²) in [5.41, 5.74) is 8.27. The highest BCUT2D eigenvalue weighted by Crippen LogP contribution is 2.41. The summed E-state index contributed by atoms with van der Waals surface area (Å²) in [4.78, 5) is 13.9. The van der Waals surface area contributed by atoms with Crippen LogP contribution >= 0.6 is 24.8 Å². The highest BCUT2D eigenvalue weighted by atomic mass is 35.5. The zero-order chi connectivity index (χ0) is 17.2. The molecule has 2 fully saturated rings. The van der Waals surface area contributed by atoms with Crippen molar-refractivity contribution in [2.75, 3.05) is 23.7 Å². The molecule has 27 heavy (non-hydrogen) atoms. The van der Waals surface area contributed by atoms with Crippen LogP contribution in [-0.2, 0) is 0 Å². The molecule has 2 aliphatic carbocycles. The molecule has 0 radical (unpaired) electrons. The van der Waals surface area contributed by atoms with Crippen molar-refractivity contribution in [1.29, 1.82) is 0 Å². The Bertz CT molecular complexity index is 747. The first-order valence-electron chi connectivity index (χ1n) is 9.23. The van der Waals surface area contributed by atoms with E-state index in [0.29, 0.717) is 17.9 Å². The smallest absolute Gasteiger partial charge is 0.134 e. The molecule has 2 saturated carbocycles.